The Hall–Kier alpha value is -1.84. The highest BCUT2D eigenvalue weighted by Crippen LogP contribution is 2.20. The van der Waals surface area contributed by atoms with Crippen LogP contribution in [0.5, 0.6) is 0 Å². The van der Waals surface area contributed by atoms with Gasteiger partial charge < -0.3 is 5.32 Å². The van der Waals surface area contributed by atoms with Gasteiger partial charge in [0.05, 0.1) is 11.4 Å². The summed E-state index contributed by atoms with van der Waals surface area (Å²) in [4.78, 5) is 11.9. The van der Waals surface area contributed by atoms with Gasteiger partial charge in [0.25, 0.3) is 5.91 Å². The fraction of sp³-hybridized carbons (Fsp3) is 0.357. The van der Waals surface area contributed by atoms with Gasteiger partial charge >= 0.3 is 0 Å². The van der Waals surface area contributed by atoms with Crippen molar-refractivity contribution in [2.45, 2.75) is 17.7 Å². The minimum atomic E-state index is -3.43. The smallest absolute Gasteiger partial charge is 0.252 e. The Labute approximate surface area is 119 Å². The number of benzene rings is 1. The second-order valence-electron chi connectivity index (χ2n) is 4.52. The van der Waals surface area contributed by atoms with Crippen LogP contribution in [0.3, 0.4) is 0 Å². The minimum absolute atomic E-state index is 0.145. The number of sulfonamides is 1. The predicted molar refractivity (Wildman–Crippen MR) is 75.6 cm³/mol. The van der Waals surface area contributed by atoms with E-state index >= 15 is 0 Å². The second kappa shape index (κ2) is 6.07. The summed E-state index contributed by atoms with van der Waals surface area (Å²) in [6.07, 6.45) is 6.85. The first-order valence-electron chi connectivity index (χ1n) is 6.37. The summed E-state index contributed by atoms with van der Waals surface area (Å²) in [5, 5.41) is 2.53. The number of hydrogen-bond acceptors (Lipinski definition) is 3. The molecule has 5 nitrogen and oxygen atoms in total. The second-order valence-corrected chi connectivity index (χ2v) is 6.46. The summed E-state index contributed by atoms with van der Waals surface area (Å²) < 4.78 is 26.0. The molecule has 1 heterocycles. The maximum Gasteiger partial charge on any atom is 0.252 e. The van der Waals surface area contributed by atoms with Crippen LogP contribution in [0.25, 0.3) is 0 Å². The largest absolute Gasteiger partial charge is 0.341 e. The molecule has 1 amide bonds. The average molecular weight is 292 g/mol. The van der Waals surface area contributed by atoms with E-state index in [2.05, 4.69) is 11.2 Å². The molecular formula is C14H16N2O3S. The van der Waals surface area contributed by atoms with Gasteiger partial charge in [-0.2, -0.15) is 4.31 Å². The number of hydrogen-bond donors (Lipinski definition) is 1. The Kier molecular flexibility index (Phi) is 4.42. The summed E-state index contributed by atoms with van der Waals surface area (Å²) in [5.74, 6) is 1.99. The lowest BCUT2D eigenvalue weighted by atomic mass is 10.2. The maximum atomic E-state index is 12.3. The van der Waals surface area contributed by atoms with Crippen LogP contribution >= 0.6 is 0 Å². The molecule has 1 aliphatic heterocycles. The lowest BCUT2D eigenvalue weighted by molar-refractivity contribution is 0.0958. The number of amides is 1. The minimum Gasteiger partial charge on any atom is -0.341 e. The molecule has 1 saturated heterocycles. The molecule has 0 saturated carbocycles. The van der Waals surface area contributed by atoms with Gasteiger partial charge in [-0.25, -0.2) is 8.42 Å². The first-order chi connectivity index (χ1) is 9.55. The quantitative estimate of drug-likeness (QED) is 0.836. The van der Waals surface area contributed by atoms with E-state index in [0.717, 1.165) is 12.8 Å². The molecule has 20 heavy (non-hydrogen) atoms. The highest BCUT2D eigenvalue weighted by atomic mass is 32.2. The van der Waals surface area contributed by atoms with Crippen molar-refractivity contribution in [1.29, 1.82) is 0 Å². The third-order valence-electron chi connectivity index (χ3n) is 3.17. The van der Waals surface area contributed by atoms with Crippen LogP contribution in [0.1, 0.15) is 23.2 Å². The lowest BCUT2D eigenvalue weighted by Gasteiger charge is -2.15. The number of terminal acetylenes is 1. The summed E-state index contributed by atoms with van der Waals surface area (Å²) in [7, 11) is -3.43. The predicted octanol–water partition coefficient (Wildman–Crippen LogP) is 0.834. The molecular weight excluding hydrogens is 276 g/mol. The SMILES string of the molecule is C#CCNC(=O)c1ccc(S(=O)(=O)N2CCCC2)cc1. The van der Waals surface area contributed by atoms with Crippen molar-refractivity contribution in [2.75, 3.05) is 19.6 Å². The molecule has 0 aliphatic carbocycles. The Morgan fingerprint density at radius 3 is 2.40 bits per heavy atom. The number of nitrogens with one attached hydrogen (secondary N) is 1. The van der Waals surface area contributed by atoms with Gasteiger partial charge in [-0.3, -0.25) is 4.79 Å². The van der Waals surface area contributed by atoms with Crippen LogP contribution < -0.4 is 5.32 Å². The van der Waals surface area contributed by atoms with Crippen LogP contribution in [0.15, 0.2) is 29.2 Å². The molecule has 1 fully saturated rings. The van der Waals surface area contributed by atoms with E-state index in [1.807, 2.05) is 0 Å². The molecule has 0 unspecified atom stereocenters. The zero-order chi connectivity index (χ0) is 14.6. The number of carbonyl (C=O) groups excluding carboxylic acids is 1. The van der Waals surface area contributed by atoms with Crippen molar-refractivity contribution in [2.24, 2.45) is 0 Å². The molecule has 1 N–H and O–H groups in total. The number of nitrogens with zero attached hydrogens (tertiary/aromatic N) is 1. The van der Waals surface area contributed by atoms with Crippen molar-refractivity contribution < 1.29 is 13.2 Å². The summed E-state index contributed by atoms with van der Waals surface area (Å²) in [6.45, 7) is 1.27. The summed E-state index contributed by atoms with van der Waals surface area (Å²) in [5.41, 5.74) is 0.389. The van der Waals surface area contributed by atoms with Crippen LogP contribution in [-0.2, 0) is 10.0 Å². The van der Waals surface area contributed by atoms with Gasteiger partial charge in [-0.05, 0) is 37.1 Å². The van der Waals surface area contributed by atoms with E-state index < -0.39 is 10.0 Å². The Bertz CT molecular complexity index is 623. The van der Waals surface area contributed by atoms with E-state index in [9.17, 15) is 13.2 Å². The van der Waals surface area contributed by atoms with Crippen LogP contribution in [0.2, 0.25) is 0 Å². The third kappa shape index (κ3) is 3.00. The van der Waals surface area contributed by atoms with E-state index in [-0.39, 0.29) is 17.3 Å². The van der Waals surface area contributed by atoms with Crippen molar-refractivity contribution in [3.05, 3.63) is 29.8 Å². The Morgan fingerprint density at radius 1 is 1.25 bits per heavy atom. The van der Waals surface area contributed by atoms with Gasteiger partial charge in [-0.1, -0.05) is 5.92 Å². The molecule has 106 valence electrons. The Balaban J connectivity index is 2.16. The molecule has 0 bridgehead atoms. The monoisotopic (exact) mass is 292 g/mol. The van der Waals surface area contributed by atoms with E-state index in [1.165, 1.54) is 28.6 Å². The number of carbonyl (C=O) groups is 1. The molecule has 1 aromatic rings. The van der Waals surface area contributed by atoms with Crippen LogP contribution in [0.4, 0.5) is 0 Å². The molecule has 2 rings (SSSR count). The lowest BCUT2D eigenvalue weighted by Crippen LogP contribution is -2.28. The van der Waals surface area contributed by atoms with Crippen molar-refractivity contribution >= 4 is 15.9 Å². The van der Waals surface area contributed by atoms with E-state index in [0.29, 0.717) is 18.7 Å². The highest BCUT2D eigenvalue weighted by Gasteiger charge is 2.27. The standard InChI is InChI=1S/C14H16N2O3S/c1-2-9-15-14(17)12-5-7-13(8-6-12)20(18,19)16-10-3-4-11-16/h1,5-8H,3-4,9-11H2,(H,15,17). The molecule has 0 atom stereocenters. The fourth-order valence-corrected chi connectivity index (χ4v) is 3.61. The first kappa shape index (κ1) is 14.6. The fourth-order valence-electron chi connectivity index (χ4n) is 2.09. The van der Waals surface area contributed by atoms with Crippen molar-refractivity contribution in [3.8, 4) is 12.3 Å². The van der Waals surface area contributed by atoms with Gasteiger partial charge in [0, 0.05) is 18.7 Å². The molecule has 1 aromatic carbocycles. The Morgan fingerprint density at radius 2 is 1.85 bits per heavy atom. The molecule has 0 aromatic heterocycles. The van der Waals surface area contributed by atoms with Gasteiger partial charge in [-0.15, -0.1) is 6.42 Å². The normalized spacial score (nSPS) is 15.8. The summed E-state index contributed by atoms with van der Waals surface area (Å²) in [6, 6.07) is 5.90. The van der Waals surface area contributed by atoms with Gasteiger partial charge in [0.1, 0.15) is 0 Å². The molecule has 6 heteroatoms. The van der Waals surface area contributed by atoms with E-state index in [1.54, 1.807) is 0 Å². The van der Waals surface area contributed by atoms with Crippen LogP contribution in [-0.4, -0.2) is 38.3 Å². The van der Waals surface area contributed by atoms with Crippen molar-refractivity contribution in [3.63, 3.8) is 0 Å². The van der Waals surface area contributed by atoms with E-state index in [4.69, 9.17) is 6.42 Å². The van der Waals surface area contributed by atoms with Gasteiger partial charge in [0.2, 0.25) is 10.0 Å². The maximum absolute atomic E-state index is 12.3. The van der Waals surface area contributed by atoms with Crippen LogP contribution in [0, 0.1) is 12.3 Å². The third-order valence-corrected chi connectivity index (χ3v) is 5.08. The zero-order valence-corrected chi connectivity index (χ0v) is 11.8. The molecule has 0 spiro atoms. The molecule has 0 radical (unpaired) electrons. The zero-order valence-electron chi connectivity index (χ0n) is 11.0. The summed E-state index contributed by atoms with van der Waals surface area (Å²) >= 11 is 0. The number of rotatable bonds is 4. The topological polar surface area (TPSA) is 66.5 Å². The highest BCUT2D eigenvalue weighted by molar-refractivity contribution is 7.89. The average Bonchev–Trinajstić information content (AvgIpc) is 3.00. The molecule has 1 aliphatic rings. The van der Waals surface area contributed by atoms with Crippen molar-refractivity contribution in [1.82, 2.24) is 9.62 Å². The first-order valence-corrected chi connectivity index (χ1v) is 7.81. The van der Waals surface area contributed by atoms with Gasteiger partial charge in [0.15, 0.2) is 0 Å².